The molecule has 0 saturated heterocycles. The molecule has 0 aromatic heterocycles. The normalized spacial score (nSPS) is 19.4. The van der Waals surface area contributed by atoms with Crippen molar-refractivity contribution in [2.45, 2.75) is 52.5 Å². The molecule has 0 saturated carbocycles. The number of fused-ring (bicyclic) bond motifs is 1. The summed E-state index contributed by atoms with van der Waals surface area (Å²) >= 11 is 0. The smallest absolute Gasteiger partial charge is 0.268 e. The highest BCUT2D eigenvalue weighted by Crippen LogP contribution is 2.34. The number of amides is 1. The van der Waals surface area contributed by atoms with Crippen molar-refractivity contribution in [3.05, 3.63) is 24.0 Å². The van der Waals surface area contributed by atoms with E-state index in [9.17, 15) is 9.18 Å². The van der Waals surface area contributed by atoms with Gasteiger partial charge in [0.1, 0.15) is 11.6 Å². The van der Waals surface area contributed by atoms with Gasteiger partial charge in [0.25, 0.3) is 5.91 Å². The Kier molecular flexibility index (Phi) is 4.92. The van der Waals surface area contributed by atoms with Crippen LogP contribution in [0.15, 0.2) is 18.2 Å². The zero-order chi connectivity index (χ0) is 16.5. The molecule has 2 unspecified atom stereocenters. The molecule has 0 aliphatic carbocycles. The minimum absolute atomic E-state index is 0.000187. The zero-order valence-corrected chi connectivity index (χ0v) is 14.9. The zero-order valence-electron chi connectivity index (χ0n) is 13.8. The number of nitrogens with one attached hydrogen (secondary N) is 1. The van der Waals surface area contributed by atoms with Gasteiger partial charge in [-0.2, -0.15) is 0 Å². The van der Waals surface area contributed by atoms with E-state index in [2.05, 4.69) is 39.2 Å². The second kappa shape index (κ2) is 6.38. The highest BCUT2D eigenvalue weighted by molar-refractivity contribution is 6.48. The maximum absolute atomic E-state index is 13.4. The van der Waals surface area contributed by atoms with Crippen LogP contribution >= 0.6 is 0 Å². The number of benzene rings is 1. The maximum atomic E-state index is 13.4. The summed E-state index contributed by atoms with van der Waals surface area (Å²) < 4.78 is 25.2. The second-order valence-electron chi connectivity index (χ2n) is 7.16. The molecule has 1 amide bonds. The molecule has 122 valence electrons. The fourth-order valence-corrected chi connectivity index (χ4v) is 3.45. The largest absolute Gasteiger partial charge is 0.476 e. The molecule has 0 radical (unpaired) electrons. The van der Waals surface area contributed by atoms with Crippen LogP contribution in [0, 0.1) is 11.2 Å². The quantitative estimate of drug-likeness (QED) is 0.864. The number of carbonyl (C=O) groups excluding carboxylic acids is 1. The Bertz CT molecular complexity index is 557. The first-order valence-corrected chi connectivity index (χ1v) is 10.4. The predicted molar refractivity (Wildman–Crippen MR) is 87.3 cm³/mol. The minimum Gasteiger partial charge on any atom is -0.476 e. The molecule has 2 atom stereocenters. The average Bonchev–Trinajstić information content (AvgIpc) is 2.35. The molecule has 1 N–H and O–H groups in total. The molecule has 1 aliphatic rings. The van der Waals surface area contributed by atoms with Gasteiger partial charge < -0.3 is 14.5 Å². The number of halogens is 1. The third-order valence-corrected chi connectivity index (χ3v) is 4.21. The third-order valence-electron chi connectivity index (χ3n) is 3.31. The van der Waals surface area contributed by atoms with Gasteiger partial charge in [0.05, 0.1) is 11.8 Å². The van der Waals surface area contributed by atoms with Crippen LogP contribution in [0.3, 0.4) is 0 Å². The third kappa shape index (κ3) is 4.30. The molecule has 1 aliphatic heterocycles. The van der Waals surface area contributed by atoms with Crippen LogP contribution in [0.1, 0.15) is 27.2 Å². The van der Waals surface area contributed by atoms with Crippen molar-refractivity contribution in [1.29, 1.82) is 0 Å². The van der Waals surface area contributed by atoms with E-state index in [1.807, 2.05) is 0 Å². The highest BCUT2D eigenvalue weighted by Gasteiger charge is 2.38. The Balaban J connectivity index is 2.25. The summed E-state index contributed by atoms with van der Waals surface area (Å²) in [7, 11) is -1.35. The minimum atomic E-state index is -1.35. The first-order chi connectivity index (χ1) is 10.2. The van der Waals surface area contributed by atoms with Crippen LogP contribution in [0.5, 0.6) is 5.75 Å². The number of carbonyl (C=O) groups is 1. The Hall–Kier alpha value is -1.40. The van der Waals surface area contributed by atoms with Crippen molar-refractivity contribution in [3.63, 3.8) is 0 Å². The fraction of sp³-hybridized carbons (Fsp3) is 0.562. The number of hydrogen-bond donors (Lipinski definition) is 1. The summed E-state index contributed by atoms with van der Waals surface area (Å²) in [6.07, 6.45) is -0.382. The van der Waals surface area contributed by atoms with Crippen molar-refractivity contribution in [3.8, 4) is 5.75 Å². The lowest BCUT2D eigenvalue weighted by Crippen LogP contribution is -2.49. The van der Waals surface area contributed by atoms with Gasteiger partial charge in [-0.15, -0.1) is 0 Å². The highest BCUT2D eigenvalue weighted by atomic mass is 28.3. The molecule has 2 rings (SSSR count). The van der Waals surface area contributed by atoms with Gasteiger partial charge in [-0.25, -0.2) is 4.39 Å². The van der Waals surface area contributed by atoms with E-state index in [4.69, 9.17) is 9.16 Å². The first kappa shape index (κ1) is 17.0. The van der Waals surface area contributed by atoms with Crippen LogP contribution in [-0.2, 0) is 9.22 Å². The van der Waals surface area contributed by atoms with Crippen molar-refractivity contribution in [1.82, 2.24) is 0 Å². The lowest BCUT2D eigenvalue weighted by Gasteiger charge is -2.35. The fourth-order valence-electron chi connectivity index (χ4n) is 2.52. The van der Waals surface area contributed by atoms with Gasteiger partial charge in [-0.05, 0) is 37.1 Å². The molecule has 4 nitrogen and oxygen atoms in total. The summed E-state index contributed by atoms with van der Waals surface area (Å²) in [6.45, 7) is 10.4. The van der Waals surface area contributed by atoms with E-state index in [0.29, 0.717) is 17.9 Å². The van der Waals surface area contributed by atoms with Crippen LogP contribution in [0.4, 0.5) is 10.1 Å². The van der Waals surface area contributed by atoms with Crippen LogP contribution in [0.25, 0.3) is 0 Å². The molecule has 0 spiro atoms. The first-order valence-electron chi connectivity index (χ1n) is 7.58. The van der Waals surface area contributed by atoms with Gasteiger partial charge in [0.2, 0.25) is 6.10 Å². The number of anilines is 1. The van der Waals surface area contributed by atoms with E-state index in [1.165, 1.54) is 18.2 Å². The molecular formula is C16H24FNO3Si. The average molecular weight is 325 g/mol. The number of rotatable bonds is 4. The van der Waals surface area contributed by atoms with Gasteiger partial charge >= 0.3 is 0 Å². The van der Waals surface area contributed by atoms with Crippen molar-refractivity contribution in [2.24, 2.45) is 5.41 Å². The molecule has 22 heavy (non-hydrogen) atoms. The van der Waals surface area contributed by atoms with E-state index >= 15 is 0 Å². The molecule has 6 heteroatoms. The van der Waals surface area contributed by atoms with Crippen LogP contribution in [0.2, 0.25) is 13.1 Å². The van der Waals surface area contributed by atoms with E-state index in [-0.39, 0.29) is 23.2 Å². The van der Waals surface area contributed by atoms with Gasteiger partial charge in [0.15, 0.2) is 9.04 Å². The van der Waals surface area contributed by atoms with Crippen LogP contribution < -0.4 is 10.1 Å². The summed E-state index contributed by atoms with van der Waals surface area (Å²) in [5.74, 6) is -0.263. The summed E-state index contributed by atoms with van der Waals surface area (Å²) in [5.41, 5.74) is 0.499. The summed E-state index contributed by atoms with van der Waals surface area (Å²) in [6, 6.07) is 4.10. The Morgan fingerprint density at radius 3 is 2.68 bits per heavy atom. The van der Waals surface area contributed by atoms with Crippen molar-refractivity contribution >= 4 is 20.6 Å². The van der Waals surface area contributed by atoms with Gasteiger partial charge in [-0.3, -0.25) is 4.79 Å². The van der Waals surface area contributed by atoms with E-state index in [1.54, 1.807) is 0 Å². The summed E-state index contributed by atoms with van der Waals surface area (Å²) in [4.78, 5) is 12.4. The maximum Gasteiger partial charge on any atom is 0.268 e. The number of ether oxygens (including phenoxy) is 1. The topological polar surface area (TPSA) is 47.6 Å². The van der Waals surface area contributed by atoms with Crippen molar-refractivity contribution < 1.29 is 18.3 Å². The molecule has 1 aromatic carbocycles. The Morgan fingerprint density at radius 1 is 1.41 bits per heavy atom. The van der Waals surface area contributed by atoms with Gasteiger partial charge in [-0.1, -0.05) is 20.8 Å². The lowest BCUT2D eigenvalue weighted by molar-refractivity contribution is -0.128. The van der Waals surface area contributed by atoms with E-state index in [0.717, 1.165) is 0 Å². The standard InChI is InChI=1S/C16H24FNO3Si/c1-16(2,3)9-13(21-22(4)5)14-15(19)18-11-7-6-10(17)8-12(11)20-14/h6-8,13-14,22H,9H2,1-5H3,(H,18,19). The molecule has 1 aromatic rings. The predicted octanol–water partition coefficient (Wildman–Crippen LogP) is 3.33. The molecule has 0 fully saturated rings. The Labute approximate surface area is 132 Å². The molecule has 0 bridgehead atoms. The van der Waals surface area contributed by atoms with Crippen molar-refractivity contribution in [2.75, 3.05) is 5.32 Å². The number of hydrogen-bond acceptors (Lipinski definition) is 3. The molecular weight excluding hydrogens is 301 g/mol. The second-order valence-corrected chi connectivity index (χ2v) is 9.53. The van der Waals surface area contributed by atoms with E-state index < -0.39 is 15.1 Å². The van der Waals surface area contributed by atoms with Gasteiger partial charge in [0, 0.05) is 6.07 Å². The summed E-state index contributed by atoms with van der Waals surface area (Å²) in [5, 5.41) is 2.78. The van der Waals surface area contributed by atoms with Crippen LogP contribution in [-0.4, -0.2) is 27.2 Å². The Morgan fingerprint density at radius 2 is 2.09 bits per heavy atom. The SMILES string of the molecule is C[SiH](C)OC(CC(C)(C)C)C1Oc2cc(F)ccc2NC1=O. The monoisotopic (exact) mass is 325 g/mol. The molecule has 1 heterocycles. The lowest BCUT2D eigenvalue weighted by atomic mass is 9.87.